The molecule has 6 heteroatoms. The summed E-state index contributed by atoms with van der Waals surface area (Å²) in [6.45, 7) is 1.86. The maximum Gasteiger partial charge on any atom is 0.251 e. The SMILES string of the molecule is CNC(=O)c1ccc2c(c1)C[C@@H](C)N2S(C)(=O)=O. The molecule has 18 heavy (non-hydrogen) atoms. The standard InChI is InChI=1S/C12H16N2O3S/c1-8-6-10-7-9(12(15)13-2)4-5-11(10)14(8)18(3,16)17/h4-5,7-8H,6H2,1-3H3,(H,13,15)/t8-/m1/s1. The highest BCUT2D eigenvalue weighted by molar-refractivity contribution is 7.92. The van der Waals surface area contributed by atoms with Crippen LogP contribution in [0.15, 0.2) is 18.2 Å². The smallest absolute Gasteiger partial charge is 0.251 e. The van der Waals surface area contributed by atoms with E-state index < -0.39 is 10.0 Å². The first-order valence-corrected chi connectivity index (χ1v) is 7.54. The minimum absolute atomic E-state index is 0.102. The molecular weight excluding hydrogens is 252 g/mol. The van der Waals surface area contributed by atoms with Crippen LogP contribution < -0.4 is 9.62 Å². The van der Waals surface area contributed by atoms with E-state index in [0.29, 0.717) is 17.7 Å². The van der Waals surface area contributed by atoms with Crippen LogP contribution >= 0.6 is 0 Å². The molecule has 1 aliphatic rings. The van der Waals surface area contributed by atoms with Gasteiger partial charge in [-0.25, -0.2) is 8.42 Å². The van der Waals surface area contributed by atoms with Crippen molar-refractivity contribution in [2.45, 2.75) is 19.4 Å². The molecule has 1 amide bonds. The highest BCUT2D eigenvalue weighted by atomic mass is 32.2. The number of nitrogens with zero attached hydrogens (tertiary/aromatic N) is 1. The Morgan fingerprint density at radius 3 is 2.67 bits per heavy atom. The number of amides is 1. The third kappa shape index (κ3) is 2.08. The number of hydrogen-bond donors (Lipinski definition) is 1. The van der Waals surface area contributed by atoms with Gasteiger partial charge < -0.3 is 5.32 Å². The number of nitrogens with one attached hydrogen (secondary N) is 1. The molecule has 0 radical (unpaired) electrons. The summed E-state index contributed by atoms with van der Waals surface area (Å²) < 4.78 is 24.9. The number of rotatable bonds is 2. The number of sulfonamides is 1. The molecule has 1 heterocycles. The molecule has 0 fully saturated rings. The lowest BCUT2D eigenvalue weighted by molar-refractivity contribution is 0.0963. The van der Waals surface area contributed by atoms with E-state index in [1.807, 2.05) is 6.92 Å². The van der Waals surface area contributed by atoms with Gasteiger partial charge in [0.05, 0.1) is 11.9 Å². The van der Waals surface area contributed by atoms with Crippen molar-refractivity contribution in [2.75, 3.05) is 17.6 Å². The fourth-order valence-corrected chi connectivity index (χ4v) is 3.66. The van der Waals surface area contributed by atoms with Crippen molar-refractivity contribution in [1.29, 1.82) is 0 Å². The molecular formula is C12H16N2O3S. The molecule has 1 N–H and O–H groups in total. The van der Waals surface area contributed by atoms with Crippen molar-refractivity contribution in [3.63, 3.8) is 0 Å². The first-order valence-electron chi connectivity index (χ1n) is 5.69. The Morgan fingerprint density at radius 2 is 2.11 bits per heavy atom. The molecule has 1 atom stereocenters. The Hall–Kier alpha value is -1.56. The topological polar surface area (TPSA) is 66.5 Å². The summed E-state index contributed by atoms with van der Waals surface area (Å²) in [4.78, 5) is 11.5. The number of hydrogen-bond acceptors (Lipinski definition) is 3. The van der Waals surface area contributed by atoms with Gasteiger partial charge in [0.1, 0.15) is 0 Å². The van der Waals surface area contributed by atoms with Crippen molar-refractivity contribution in [2.24, 2.45) is 0 Å². The van der Waals surface area contributed by atoms with E-state index in [9.17, 15) is 13.2 Å². The Bertz CT molecular complexity index is 595. The van der Waals surface area contributed by atoms with E-state index in [4.69, 9.17) is 0 Å². The summed E-state index contributed by atoms with van der Waals surface area (Å²) >= 11 is 0. The van der Waals surface area contributed by atoms with Crippen molar-refractivity contribution in [3.05, 3.63) is 29.3 Å². The van der Waals surface area contributed by atoms with Crippen molar-refractivity contribution in [3.8, 4) is 0 Å². The van der Waals surface area contributed by atoms with Crippen molar-refractivity contribution >= 4 is 21.6 Å². The number of benzene rings is 1. The normalized spacial score (nSPS) is 18.6. The third-order valence-corrected chi connectivity index (χ3v) is 4.35. The highest BCUT2D eigenvalue weighted by Crippen LogP contribution is 2.34. The molecule has 1 aromatic carbocycles. The summed E-state index contributed by atoms with van der Waals surface area (Å²) in [5.41, 5.74) is 2.13. The molecule has 1 aromatic rings. The van der Waals surface area contributed by atoms with Gasteiger partial charge in [0.15, 0.2) is 0 Å². The molecule has 1 aliphatic heterocycles. The van der Waals surface area contributed by atoms with E-state index in [1.54, 1.807) is 25.2 Å². The quantitative estimate of drug-likeness (QED) is 0.861. The first kappa shape index (κ1) is 12.9. The van der Waals surface area contributed by atoms with Gasteiger partial charge in [0, 0.05) is 18.7 Å². The molecule has 0 spiro atoms. The number of fused-ring (bicyclic) bond motifs is 1. The molecule has 5 nitrogen and oxygen atoms in total. The molecule has 0 aliphatic carbocycles. The average Bonchev–Trinajstić information content (AvgIpc) is 2.62. The summed E-state index contributed by atoms with van der Waals surface area (Å²) in [5.74, 6) is -0.164. The summed E-state index contributed by atoms with van der Waals surface area (Å²) in [6.07, 6.45) is 1.83. The second-order valence-corrected chi connectivity index (χ2v) is 6.39. The fraction of sp³-hybridized carbons (Fsp3) is 0.417. The summed E-state index contributed by atoms with van der Waals surface area (Å²) in [7, 11) is -1.70. The van der Waals surface area contributed by atoms with E-state index in [0.717, 1.165) is 5.56 Å². The molecule has 0 saturated carbocycles. The Kier molecular flexibility index (Phi) is 3.06. The Morgan fingerprint density at radius 1 is 1.44 bits per heavy atom. The van der Waals surface area contributed by atoms with Gasteiger partial charge in [-0.05, 0) is 37.1 Å². The van der Waals surface area contributed by atoms with Gasteiger partial charge in [-0.1, -0.05) is 0 Å². The van der Waals surface area contributed by atoms with Gasteiger partial charge in [-0.15, -0.1) is 0 Å². The van der Waals surface area contributed by atoms with Crippen LogP contribution in [-0.4, -0.2) is 33.7 Å². The van der Waals surface area contributed by atoms with Crippen molar-refractivity contribution in [1.82, 2.24) is 5.32 Å². The van der Waals surface area contributed by atoms with Crippen LogP contribution in [0.25, 0.3) is 0 Å². The zero-order valence-electron chi connectivity index (χ0n) is 10.6. The fourth-order valence-electron chi connectivity index (χ4n) is 2.39. The zero-order valence-corrected chi connectivity index (χ0v) is 11.4. The molecule has 2 rings (SSSR count). The molecule has 0 aromatic heterocycles. The second kappa shape index (κ2) is 4.28. The van der Waals surface area contributed by atoms with E-state index in [2.05, 4.69) is 5.32 Å². The maximum absolute atomic E-state index is 11.7. The lowest BCUT2D eigenvalue weighted by Gasteiger charge is -2.21. The molecule has 0 saturated heterocycles. The number of carbonyl (C=O) groups excluding carboxylic acids is 1. The van der Waals surface area contributed by atoms with Gasteiger partial charge in [0.2, 0.25) is 10.0 Å². The predicted octanol–water partition coefficient (Wildman–Crippen LogP) is 0.757. The zero-order chi connectivity index (χ0) is 13.5. The minimum Gasteiger partial charge on any atom is -0.355 e. The monoisotopic (exact) mass is 268 g/mol. The lowest BCUT2D eigenvalue weighted by Crippen LogP contribution is -2.34. The second-order valence-electron chi connectivity index (χ2n) is 4.53. The largest absolute Gasteiger partial charge is 0.355 e. The van der Waals surface area contributed by atoms with E-state index >= 15 is 0 Å². The van der Waals surface area contributed by atoms with Crippen LogP contribution in [0.5, 0.6) is 0 Å². The van der Waals surface area contributed by atoms with Gasteiger partial charge in [0.25, 0.3) is 5.91 Å². The van der Waals surface area contributed by atoms with Gasteiger partial charge in [-0.3, -0.25) is 9.10 Å². The average molecular weight is 268 g/mol. The molecule has 98 valence electrons. The van der Waals surface area contributed by atoms with E-state index in [-0.39, 0.29) is 11.9 Å². The van der Waals surface area contributed by atoms with Crippen LogP contribution in [0.2, 0.25) is 0 Å². The first-order chi connectivity index (χ1) is 8.34. The van der Waals surface area contributed by atoms with Gasteiger partial charge in [-0.2, -0.15) is 0 Å². The Balaban J connectivity index is 2.48. The van der Waals surface area contributed by atoms with Crippen LogP contribution in [0.4, 0.5) is 5.69 Å². The Labute approximate surface area is 107 Å². The molecule has 0 bridgehead atoms. The molecule has 0 unspecified atom stereocenters. The van der Waals surface area contributed by atoms with E-state index in [1.165, 1.54) is 10.6 Å². The van der Waals surface area contributed by atoms with Crippen LogP contribution in [0.3, 0.4) is 0 Å². The lowest BCUT2D eigenvalue weighted by atomic mass is 10.1. The summed E-state index contributed by atoms with van der Waals surface area (Å²) in [5, 5.41) is 2.55. The number of anilines is 1. The maximum atomic E-state index is 11.7. The predicted molar refractivity (Wildman–Crippen MR) is 70.3 cm³/mol. The van der Waals surface area contributed by atoms with Gasteiger partial charge >= 0.3 is 0 Å². The van der Waals surface area contributed by atoms with Crippen LogP contribution in [0, 0.1) is 0 Å². The third-order valence-electron chi connectivity index (χ3n) is 3.08. The number of carbonyl (C=O) groups is 1. The van der Waals surface area contributed by atoms with Crippen LogP contribution in [0.1, 0.15) is 22.8 Å². The van der Waals surface area contributed by atoms with Crippen LogP contribution in [-0.2, 0) is 16.4 Å². The van der Waals surface area contributed by atoms with Crippen molar-refractivity contribution < 1.29 is 13.2 Å². The highest BCUT2D eigenvalue weighted by Gasteiger charge is 2.32. The summed E-state index contributed by atoms with van der Waals surface area (Å²) in [6, 6.07) is 5.00. The minimum atomic E-state index is -3.27.